The van der Waals surface area contributed by atoms with Gasteiger partial charge in [0.1, 0.15) is 0 Å². The summed E-state index contributed by atoms with van der Waals surface area (Å²) in [5.41, 5.74) is 0. The van der Waals surface area contributed by atoms with Crippen molar-refractivity contribution < 1.29 is 14.7 Å². The van der Waals surface area contributed by atoms with Crippen LogP contribution in [0.25, 0.3) is 0 Å². The molecule has 0 radical (unpaired) electrons. The number of aliphatic carboxylic acids is 1. The Kier molecular flexibility index (Phi) is 6.97. The Bertz CT molecular complexity index is 283. The van der Waals surface area contributed by atoms with Gasteiger partial charge in [0.2, 0.25) is 5.91 Å². The smallest absolute Gasteiger partial charge is 0.317 e. The highest BCUT2D eigenvalue weighted by Gasteiger charge is 2.21. The average Bonchev–Trinajstić information content (AvgIpc) is 2.23. The first-order valence-corrected chi connectivity index (χ1v) is 5.19. The molecule has 0 heterocycles. The van der Waals surface area contributed by atoms with E-state index in [0.29, 0.717) is 6.54 Å². The van der Waals surface area contributed by atoms with Gasteiger partial charge in [0.05, 0.1) is 19.1 Å². The molecular formula is C11H18N2O3. The third kappa shape index (κ3) is 5.37. The van der Waals surface area contributed by atoms with E-state index in [1.165, 1.54) is 0 Å². The molecule has 0 aliphatic heterocycles. The second-order valence-corrected chi connectivity index (χ2v) is 3.46. The fraction of sp³-hybridized carbons (Fsp3) is 0.636. The van der Waals surface area contributed by atoms with Gasteiger partial charge in [-0.25, -0.2) is 0 Å². The Morgan fingerprint density at radius 1 is 1.56 bits per heavy atom. The first kappa shape index (κ1) is 14.5. The zero-order chi connectivity index (χ0) is 12.6. The molecule has 5 nitrogen and oxygen atoms in total. The summed E-state index contributed by atoms with van der Waals surface area (Å²) in [6.07, 6.45) is 5.81. The molecule has 0 spiro atoms. The lowest BCUT2D eigenvalue weighted by Crippen LogP contribution is -2.47. The van der Waals surface area contributed by atoms with E-state index in [4.69, 9.17) is 11.5 Å². The van der Waals surface area contributed by atoms with Gasteiger partial charge < -0.3 is 10.4 Å². The van der Waals surface area contributed by atoms with Crippen molar-refractivity contribution in [3.05, 3.63) is 0 Å². The predicted molar refractivity (Wildman–Crippen MR) is 60.8 cm³/mol. The van der Waals surface area contributed by atoms with Crippen LogP contribution in [0, 0.1) is 12.3 Å². The quantitative estimate of drug-likeness (QED) is 0.596. The van der Waals surface area contributed by atoms with E-state index in [-0.39, 0.29) is 19.0 Å². The van der Waals surface area contributed by atoms with Crippen molar-refractivity contribution in [1.29, 1.82) is 0 Å². The van der Waals surface area contributed by atoms with Crippen molar-refractivity contribution in [3.63, 3.8) is 0 Å². The molecule has 2 N–H and O–H groups in total. The largest absolute Gasteiger partial charge is 0.480 e. The van der Waals surface area contributed by atoms with Gasteiger partial charge in [0.25, 0.3) is 0 Å². The number of rotatable bonds is 7. The minimum Gasteiger partial charge on any atom is -0.480 e. The fourth-order valence-electron chi connectivity index (χ4n) is 1.32. The Balaban J connectivity index is 4.35. The van der Waals surface area contributed by atoms with Gasteiger partial charge in [0.15, 0.2) is 0 Å². The summed E-state index contributed by atoms with van der Waals surface area (Å²) < 4.78 is 0. The maximum atomic E-state index is 11.6. The molecule has 90 valence electrons. The summed E-state index contributed by atoms with van der Waals surface area (Å²) >= 11 is 0. The zero-order valence-electron chi connectivity index (χ0n) is 9.69. The maximum Gasteiger partial charge on any atom is 0.317 e. The Morgan fingerprint density at radius 3 is 2.62 bits per heavy atom. The number of carbonyl (C=O) groups excluding carboxylic acids is 1. The molecule has 0 aliphatic rings. The molecule has 1 unspecified atom stereocenters. The van der Waals surface area contributed by atoms with Crippen LogP contribution in [0.5, 0.6) is 0 Å². The minimum absolute atomic E-state index is 0.140. The number of hydrogen-bond acceptors (Lipinski definition) is 3. The van der Waals surface area contributed by atoms with Crippen LogP contribution in [0.3, 0.4) is 0 Å². The first-order valence-electron chi connectivity index (χ1n) is 5.19. The minimum atomic E-state index is -0.940. The monoisotopic (exact) mass is 226 g/mol. The number of hydrogen-bond donors (Lipinski definition) is 2. The highest BCUT2D eigenvalue weighted by Crippen LogP contribution is 2.00. The number of carboxylic acid groups (broad SMARTS) is 1. The van der Waals surface area contributed by atoms with Crippen LogP contribution < -0.4 is 5.32 Å². The number of nitrogens with zero attached hydrogens (tertiary/aromatic N) is 1. The van der Waals surface area contributed by atoms with Gasteiger partial charge in [-0.05, 0) is 19.9 Å². The van der Waals surface area contributed by atoms with Crippen LogP contribution in [-0.4, -0.2) is 47.6 Å². The average molecular weight is 226 g/mol. The lowest BCUT2D eigenvalue weighted by molar-refractivity contribution is -0.139. The highest BCUT2D eigenvalue weighted by molar-refractivity contribution is 5.82. The molecule has 0 aromatic rings. The van der Waals surface area contributed by atoms with Crippen molar-refractivity contribution >= 4 is 11.9 Å². The van der Waals surface area contributed by atoms with E-state index in [1.807, 2.05) is 6.92 Å². The first-order chi connectivity index (χ1) is 7.52. The lowest BCUT2D eigenvalue weighted by atomic mass is 10.2. The molecule has 0 aromatic carbocycles. The molecule has 16 heavy (non-hydrogen) atoms. The normalized spacial score (nSPS) is 11.9. The number of carbonyl (C=O) groups is 2. The summed E-state index contributed by atoms with van der Waals surface area (Å²) in [6.45, 7) is 4.19. The van der Waals surface area contributed by atoms with E-state index in [2.05, 4.69) is 11.2 Å². The Morgan fingerprint density at radius 2 is 2.19 bits per heavy atom. The molecule has 1 amide bonds. The second kappa shape index (κ2) is 7.71. The van der Waals surface area contributed by atoms with E-state index in [0.717, 1.165) is 6.42 Å². The second-order valence-electron chi connectivity index (χ2n) is 3.46. The number of amides is 1. The molecule has 0 fully saturated rings. The summed E-state index contributed by atoms with van der Waals surface area (Å²) in [5.74, 6) is 1.12. The van der Waals surface area contributed by atoms with E-state index in [9.17, 15) is 9.59 Å². The molecule has 0 saturated carbocycles. The molecule has 0 bridgehead atoms. The third-order valence-corrected chi connectivity index (χ3v) is 2.14. The van der Waals surface area contributed by atoms with E-state index >= 15 is 0 Å². The highest BCUT2D eigenvalue weighted by atomic mass is 16.4. The van der Waals surface area contributed by atoms with Gasteiger partial charge in [0, 0.05) is 0 Å². The third-order valence-electron chi connectivity index (χ3n) is 2.14. The van der Waals surface area contributed by atoms with Crippen molar-refractivity contribution in [2.24, 2.45) is 0 Å². The van der Waals surface area contributed by atoms with Gasteiger partial charge >= 0.3 is 5.97 Å². The van der Waals surface area contributed by atoms with Crippen molar-refractivity contribution in [3.8, 4) is 12.3 Å². The molecule has 0 aliphatic carbocycles. The van der Waals surface area contributed by atoms with Crippen LogP contribution in [0.4, 0.5) is 0 Å². The molecule has 1 atom stereocenters. The Labute approximate surface area is 95.8 Å². The van der Waals surface area contributed by atoms with E-state index < -0.39 is 12.0 Å². The van der Waals surface area contributed by atoms with Crippen LogP contribution in [0.2, 0.25) is 0 Å². The molecule has 0 saturated heterocycles. The topological polar surface area (TPSA) is 69.6 Å². The van der Waals surface area contributed by atoms with Crippen LogP contribution >= 0.6 is 0 Å². The lowest BCUT2D eigenvalue weighted by Gasteiger charge is -2.25. The SMILES string of the molecule is C#CCNC(=O)C(C)N(CCC)CC(=O)O. The molecule has 0 aromatic heterocycles. The summed E-state index contributed by atoms with van der Waals surface area (Å²) in [6, 6.07) is -0.482. The van der Waals surface area contributed by atoms with Crippen molar-refractivity contribution in [1.82, 2.24) is 10.2 Å². The van der Waals surface area contributed by atoms with Crippen molar-refractivity contribution in [2.45, 2.75) is 26.3 Å². The van der Waals surface area contributed by atoms with Gasteiger partial charge in [-0.2, -0.15) is 0 Å². The number of nitrogens with one attached hydrogen (secondary N) is 1. The molecule has 0 rings (SSSR count). The van der Waals surface area contributed by atoms with Gasteiger partial charge in [-0.15, -0.1) is 6.42 Å². The van der Waals surface area contributed by atoms with Gasteiger partial charge in [-0.1, -0.05) is 12.8 Å². The summed E-state index contributed by atoms with van der Waals surface area (Å²) in [5, 5.41) is 11.2. The Hall–Kier alpha value is -1.54. The molecule has 5 heteroatoms. The maximum absolute atomic E-state index is 11.6. The van der Waals surface area contributed by atoms with Gasteiger partial charge in [-0.3, -0.25) is 14.5 Å². The van der Waals surface area contributed by atoms with Crippen LogP contribution in [0.15, 0.2) is 0 Å². The van der Waals surface area contributed by atoms with Crippen LogP contribution in [0.1, 0.15) is 20.3 Å². The number of carboxylic acids is 1. The summed E-state index contributed by atoms with van der Waals surface area (Å²) in [7, 11) is 0. The fourth-order valence-corrected chi connectivity index (χ4v) is 1.32. The summed E-state index contributed by atoms with van der Waals surface area (Å²) in [4.78, 5) is 23.8. The van der Waals surface area contributed by atoms with E-state index in [1.54, 1.807) is 11.8 Å². The predicted octanol–water partition coefficient (Wildman–Crippen LogP) is -0.0791. The number of terminal acetylenes is 1. The van der Waals surface area contributed by atoms with Crippen LogP contribution in [-0.2, 0) is 9.59 Å². The standard InChI is InChI=1S/C11H18N2O3/c1-4-6-12-11(16)9(3)13(7-5-2)8-10(14)15/h1,9H,5-8H2,2-3H3,(H,12,16)(H,14,15). The molecular weight excluding hydrogens is 208 g/mol. The van der Waals surface area contributed by atoms with Crippen molar-refractivity contribution in [2.75, 3.05) is 19.6 Å². The zero-order valence-corrected chi connectivity index (χ0v) is 9.69.